The van der Waals surface area contributed by atoms with Crippen molar-refractivity contribution in [3.63, 3.8) is 0 Å². The summed E-state index contributed by atoms with van der Waals surface area (Å²) < 4.78 is 26.1. The first-order chi connectivity index (χ1) is 8.90. The van der Waals surface area contributed by atoms with Crippen LogP contribution in [0.5, 0.6) is 0 Å². The van der Waals surface area contributed by atoms with Crippen LogP contribution in [0.25, 0.3) is 0 Å². The van der Waals surface area contributed by atoms with E-state index in [-0.39, 0.29) is 11.3 Å². The number of aliphatic carboxylic acids is 1. The lowest BCUT2D eigenvalue weighted by molar-refractivity contribution is -0.140. The molecule has 2 amide bonds. The summed E-state index contributed by atoms with van der Waals surface area (Å²) in [5.74, 6) is -4.45. The second kappa shape index (κ2) is 4.75. The lowest BCUT2D eigenvalue weighted by Gasteiger charge is -2.28. The van der Waals surface area contributed by atoms with E-state index in [1.54, 1.807) is 0 Å². The lowest BCUT2D eigenvalue weighted by atomic mass is 9.88. The van der Waals surface area contributed by atoms with Gasteiger partial charge in [-0.05, 0) is 24.6 Å². The zero-order valence-electron chi connectivity index (χ0n) is 9.85. The fourth-order valence-electron chi connectivity index (χ4n) is 2.02. The number of nitrogens with zero attached hydrogens (tertiary/aromatic N) is 1. The number of urea groups is 1. The molecule has 0 fully saturated rings. The molecule has 0 bridgehead atoms. The molecule has 0 aromatic heterocycles. The van der Waals surface area contributed by atoms with Crippen LogP contribution in [0.15, 0.2) is 23.2 Å². The predicted octanol–water partition coefficient (Wildman–Crippen LogP) is 1.89. The van der Waals surface area contributed by atoms with Gasteiger partial charge in [-0.1, -0.05) is 6.07 Å². The number of carbonyl (C=O) groups is 2. The molecule has 100 valence electrons. The van der Waals surface area contributed by atoms with Crippen molar-refractivity contribution in [2.24, 2.45) is 10.9 Å². The normalized spacial score (nSPS) is 22.7. The Balaban J connectivity index is 2.46. The third-order valence-corrected chi connectivity index (χ3v) is 2.91. The van der Waals surface area contributed by atoms with Crippen molar-refractivity contribution in [2.45, 2.75) is 13.0 Å². The highest BCUT2D eigenvalue weighted by atomic mass is 19.2. The minimum atomic E-state index is -1.20. The van der Waals surface area contributed by atoms with E-state index in [1.165, 1.54) is 13.0 Å². The topological polar surface area (TPSA) is 78.8 Å². The molecule has 2 atom stereocenters. The van der Waals surface area contributed by atoms with Crippen LogP contribution in [-0.2, 0) is 4.79 Å². The third kappa shape index (κ3) is 2.44. The maximum atomic E-state index is 13.2. The summed E-state index contributed by atoms with van der Waals surface area (Å²) in [7, 11) is 0. The van der Waals surface area contributed by atoms with Crippen LogP contribution in [0, 0.1) is 17.6 Å². The van der Waals surface area contributed by atoms with Crippen LogP contribution in [0.4, 0.5) is 13.6 Å². The van der Waals surface area contributed by atoms with Crippen molar-refractivity contribution in [2.75, 3.05) is 0 Å². The fraction of sp³-hybridized carbons (Fsp3) is 0.250. The van der Waals surface area contributed by atoms with Gasteiger partial charge in [-0.3, -0.25) is 4.79 Å². The molecule has 1 aliphatic heterocycles. The summed E-state index contributed by atoms with van der Waals surface area (Å²) in [6, 6.07) is 1.31. The summed E-state index contributed by atoms with van der Waals surface area (Å²) in [6.45, 7) is 1.41. The van der Waals surface area contributed by atoms with E-state index in [4.69, 9.17) is 5.11 Å². The van der Waals surface area contributed by atoms with Crippen LogP contribution in [0.1, 0.15) is 18.5 Å². The molecule has 5 nitrogen and oxygen atoms in total. The van der Waals surface area contributed by atoms with Crippen LogP contribution in [0.2, 0.25) is 0 Å². The highest BCUT2D eigenvalue weighted by Crippen LogP contribution is 2.28. The van der Waals surface area contributed by atoms with Gasteiger partial charge in [0.05, 0.1) is 6.04 Å². The molecule has 7 heteroatoms. The SMILES string of the molecule is CC1=NC(=O)NC(c2ccc(F)c(F)c2)C1C(=O)O. The van der Waals surface area contributed by atoms with E-state index in [1.807, 2.05) is 0 Å². The molecule has 0 saturated carbocycles. The van der Waals surface area contributed by atoms with Crippen molar-refractivity contribution in [3.05, 3.63) is 35.4 Å². The number of rotatable bonds is 2. The van der Waals surface area contributed by atoms with Crippen molar-refractivity contribution in [3.8, 4) is 0 Å². The van der Waals surface area contributed by atoms with Gasteiger partial charge in [0, 0.05) is 5.71 Å². The second-order valence-electron chi connectivity index (χ2n) is 4.17. The van der Waals surface area contributed by atoms with Gasteiger partial charge >= 0.3 is 12.0 Å². The summed E-state index contributed by atoms with van der Waals surface area (Å²) in [4.78, 5) is 26.0. The number of carboxylic acid groups (broad SMARTS) is 1. The molecule has 0 saturated heterocycles. The minimum absolute atomic E-state index is 0.117. The molecule has 2 N–H and O–H groups in total. The van der Waals surface area contributed by atoms with Crippen LogP contribution < -0.4 is 5.32 Å². The number of aliphatic imine (C=N–C) groups is 1. The number of amides is 2. The van der Waals surface area contributed by atoms with E-state index in [9.17, 15) is 18.4 Å². The Morgan fingerprint density at radius 3 is 2.63 bits per heavy atom. The van der Waals surface area contributed by atoms with Gasteiger partial charge in [0.15, 0.2) is 11.6 Å². The van der Waals surface area contributed by atoms with E-state index in [2.05, 4.69) is 10.3 Å². The zero-order valence-corrected chi connectivity index (χ0v) is 9.85. The van der Waals surface area contributed by atoms with Gasteiger partial charge in [-0.15, -0.1) is 0 Å². The van der Waals surface area contributed by atoms with Crippen LogP contribution in [-0.4, -0.2) is 22.8 Å². The van der Waals surface area contributed by atoms with Gasteiger partial charge < -0.3 is 10.4 Å². The monoisotopic (exact) mass is 268 g/mol. The Morgan fingerprint density at radius 1 is 1.37 bits per heavy atom. The second-order valence-corrected chi connectivity index (χ2v) is 4.17. The quantitative estimate of drug-likeness (QED) is 0.859. The number of carbonyl (C=O) groups excluding carboxylic acids is 1. The molecular formula is C12H10F2N2O3. The Bertz CT molecular complexity index is 586. The number of hydrogen-bond donors (Lipinski definition) is 2. The minimum Gasteiger partial charge on any atom is -0.481 e. The first kappa shape index (κ1) is 13.1. The third-order valence-electron chi connectivity index (χ3n) is 2.91. The molecule has 0 aliphatic carbocycles. The maximum absolute atomic E-state index is 13.2. The molecular weight excluding hydrogens is 258 g/mol. The van der Waals surface area contributed by atoms with E-state index in [0.717, 1.165) is 12.1 Å². The number of hydrogen-bond acceptors (Lipinski definition) is 2. The maximum Gasteiger partial charge on any atom is 0.341 e. The molecule has 1 aromatic rings. The van der Waals surface area contributed by atoms with E-state index < -0.39 is 35.6 Å². The van der Waals surface area contributed by atoms with Gasteiger partial charge in [0.1, 0.15) is 5.92 Å². The molecule has 0 radical (unpaired) electrons. The fourth-order valence-corrected chi connectivity index (χ4v) is 2.02. The average molecular weight is 268 g/mol. The van der Waals surface area contributed by atoms with Crippen molar-refractivity contribution < 1.29 is 23.5 Å². The number of halogens is 2. The zero-order chi connectivity index (χ0) is 14.2. The number of carboxylic acids is 1. The Labute approximate surface area is 107 Å². The van der Waals surface area contributed by atoms with E-state index >= 15 is 0 Å². The number of benzene rings is 1. The van der Waals surface area contributed by atoms with Crippen LogP contribution >= 0.6 is 0 Å². The highest BCUT2D eigenvalue weighted by Gasteiger charge is 2.37. The molecule has 2 rings (SSSR count). The van der Waals surface area contributed by atoms with Gasteiger partial charge in [-0.2, -0.15) is 0 Å². The standard InChI is InChI=1S/C12H10F2N2O3/c1-5-9(11(17)18)10(16-12(19)15-5)6-2-3-7(13)8(14)4-6/h2-4,9-10H,1H3,(H,16,19)(H,17,18). The van der Waals surface area contributed by atoms with Gasteiger partial charge in [0.25, 0.3) is 0 Å². The molecule has 2 unspecified atom stereocenters. The molecule has 1 aromatic carbocycles. The van der Waals surface area contributed by atoms with Crippen molar-refractivity contribution >= 4 is 17.7 Å². The summed E-state index contributed by atoms with van der Waals surface area (Å²) >= 11 is 0. The van der Waals surface area contributed by atoms with E-state index in [0.29, 0.717) is 0 Å². The first-order valence-electron chi connectivity index (χ1n) is 5.43. The molecule has 1 aliphatic rings. The Morgan fingerprint density at radius 2 is 2.05 bits per heavy atom. The van der Waals surface area contributed by atoms with Crippen molar-refractivity contribution in [1.29, 1.82) is 0 Å². The van der Waals surface area contributed by atoms with Gasteiger partial charge in [0.2, 0.25) is 0 Å². The largest absolute Gasteiger partial charge is 0.481 e. The summed E-state index contributed by atoms with van der Waals surface area (Å²) in [5.41, 5.74) is 0.292. The summed E-state index contributed by atoms with van der Waals surface area (Å²) in [6.07, 6.45) is 0. The Kier molecular flexibility index (Phi) is 3.28. The summed E-state index contributed by atoms with van der Waals surface area (Å²) in [5, 5.41) is 11.5. The Hall–Kier alpha value is -2.31. The van der Waals surface area contributed by atoms with Crippen molar-refractivity contribution in [1.82, 2.24) is 5.32 Å². The average Bonchev–Trinajstić information content (AvgIpc) is 2.31. The van der Waals surface area contributed by atoms with Crippen LogP contribution in [0.3, 0.4) is 0 Å². The highest BCUT2D eigenvalue weighted by molar-refractivity contribution is 6.07. The predicted molar refractivity (Wildman–Crippen MR) is 61.9 cm³/mol. The number of nitrogens with one attached hydrogen (secondary N) is 1. The molecule has 1 heterocycles. The first-order valence-corrected chi connectivity index (χ1v) is 5.43. The molecule has 19 heavy (non-hydrogen) atoms. The molecule has 0 spiro atoms. The smallest absolute Gasteiger partial charge is 0.341 e. The lowest BCUT2D eigenvalue weighted by Crippen LogP contribution is -2.43. The van der Waals surface area contributed by atoms with Gasteiger partial charge in [-0.25, -0.2) is 18.6 Å².